The van der Waals surface area contributed by atoms with E-state index in [1.165, 1.54) is 37.1 Å². The van der Waals surface area contributed by atoms with Gasteiger partial charge in [-0.05, 0) is 42.7 Å². The Morgan fingerprint density at radius 3 is 2.61 bits per heavy atom. The van der Waals surface area contributed by atoms with Gasteiger partial charge in [-0.3, -0.25) is 4.79 Å². The van der Waals surface area contributed by atoms with E-state index in [-0.39, 0.29) is 23.0 Å². The van der Waals surface area contributed by atoms with Crippen LogP contribution in [-0.4, -0.2) is 57.3 Å². The molecule has 33 heavy (non-hydrogen) atoms. The van der Waals surface area contributed by atoms with E-state index in [1.807, 2.05) is 36.0 Å². The van der Waals surface area contributed by atoms with Gasteiger partial charge in [-0.15, -0.1) is 11.8 Å². The first-order valence-corrected chi connectivity index (χ1v) is 13.6. The summed E-state index contributed by atoms with van der Waals surface area (Å²) in [5.41, 5.74) is 1.41. The van der Waals surface area contributed by atoms with Gasteiger partial charge in [0.1, 0.15) is 10.6 Å². The monoisotopic (exact) mass is 490 g/mol. The summed E-state index contributed by atoms with van der Waals surface area (Å²) in [6.45, 7) is 1.32. The number of hydrogen-bond donors (Lipinski definition) is 1. The maximum absolute atomic E-state index is 13.2. The van der Waals surface area contributed by atoms with Crippen LogP contribution >= 0.6 is 11.8 Å². The Hall–Kier alpha value is -2.07. The zero-order chi connectivity index (χ0) is 23.3. The molecule has 0 aromatic heterocycles. The third-order valence-corrected chi connectivity index (χ3v) is 9.27. The van der Waals surface area contributed by atoms with Crippen LogP contribution in [0.3, 0.4) is 0 Å². The van der Waals surface area contributed by atoms with Crippen LogP contribution in [0.25, 0.3) is 0 Å². The van der Waals surface area contributed by atoms with E-state index in [2.05, 4.69) is 5.32 Å². The molecule has 0 bridgehead atoms. The minimum absolute atomic E-state index is 0.0675. The second-order valence-electron chi connectivity index (χ2n) is 8.25. The highest BCUT2D eigenvalue weighted by atomic mass is 32.2. The van der Waals surface area contributed by atoms with Gasteiger partial charge < -0.3 is 14.8 Å². The maximum atomic E-state index is 13.2. The molecule has 0 radical (unpaired) electrons. The van der Waals surface area contributed by atoms with Crippen molar-refractivity contribution in [3.8, 4) is 5.75 Å². The summed E-state index contributed by atoms with van der Waals surface area (Å²) in [6, 6.07) is 12.7. The molecule has 178 valence electrons. The summed E-state index contributed by atoms with van der Waals surface area (Å²) in [5.74, 6) is 0.0818. The van der Waals surface area contributed by atoms with Crippen LogP contribution in [0, 0.1) is 0 Å². The van der Waals surface area contributed by atoms with Gasteiger partial charge in [-0.2, -0.15) is 4.31 Å². The molecule has 4 rings (SSSR count). The molecule has 1 N–H and O–H groups in total. The number of benzene rings is 2. The molecule has 0 atom stereocenters. The molecule has 1 saturated heterocycles. The Kier molecular flexibility index (Phi) is 7.95. The van der Waals surface area contributed by atoms with E-state index >= 15 is 0 Å². The lowest BCUT2D eigenvalue weighted by atomic mass is 10.1. The van der Waals surface area contributed by atoms with Crippen molar-refractivity contribution in [2.75, 3.05) is 38.7 Å². The highest BCUT2D eigenvalue weighted by Crippen LogP contribution is 2.38. The zero-order valence-corrected chi connectivity index (χ0v) is 20.4. The predicted molar refractivity (Wildman–Crippen MR) is 129 cm³/mol. The van der Waals surface area contributed by atoms with Gasteiger partial charge >= 0.3 is 0 Å². The fraction of sp³-hybridized carbons (Fsp3) is 0.458. The van der Waals surface area contributed by atoms with E-state index in [0.29, 0.717) is 37.1 Å². The molecule has 1 heterocycles. The molecule has 1 aliphatic carbocycles. The van der Waals surface area contributed by atoms with Crippen molar-refractivity contribution >= 4 is 33.4 Å². The van der Waals surface area contributed by atoms with Crippen LogP contribution in [0.15, 0.2) is 52.3 Å². The van der Waals surface area contributed by atoms with Crippen LogP contribution in [0.2, 0.25) is 0 Å². The van der Waals surface area contributed by atoms with Crippen LogP contribution in [0.4, 0.5) is 5.69 Å². The first-order valence-electron chi connectivity index (χ1n) is 11.3. The van der Waals surface area contributed by atoms with Crippen LogP contribution in [-0.2, 0) is 26.0 Å². The quantitative estimate of drug-likeness (QED) is 0.604. The van der Waals surface area contributed by atoms with Crippen molar-refractivity contribution in [3.05, 3.63) is 48.0 Å². The van der Waals surface area contributed by atoms with Crippen LogP contribution in [0.5, 0.6) is 5.75 Å². The summed E-state index contributed by atoms with van der Waals surface area (Å²) in [6.07, 6.45) is 5.01. The van der Waals surface area contributed by atoms with Crippen molar-refractivity contribution in [3.63, 3.8) is 0 Å². The standard InChI is InChI=1S/C24H30N2O5S2/c1-30-21-11-10-18(16-23(21)33(28,29)26-12-14-31-15-13-26)17-24(27)25-20-8-4-5-9-22(20)32-19-6-2-3-7-19/h4-5,8-11,16,19H,2-3,6-7,12-15,17H2,1H3,(H,25,27). The Morgan fingerprint density at radius 1 is 1.15 bits per heavy atom. The van der Waals surface area contributed by atoms with Gasteiger partial charge in [-0.25, -0.2) is 8.42 Å². The molecule has 2 aromatic rings. The fourth-order valence-corrected chi connectivity index (χ4v) is 7.14. The Bertz CT molecular complexity index is 1080. The van der Waals surface area contributed by atoms with Crippen molar-refractivity contribution in [2.45, 2.75) is 47.1 Å². The SMILES string of the molecule is COc1ccc(CC(=O)Nc2ccccc2SC2CCCC2)cc1S(=O)(=O)N1CCOCC1. The van der Waals surface area contributed by atoms with Gasteiger partial charge in [0, 0.05) is 23.2 Å². The summed E-state index contributed by atoms with van der Waals surface area (Å²) < 4.78 is 38.4. The highest BCUT2D eigenvalue weighted by molar-refractivity contribution is 8.00. The van der Waals surface area contributed by atoms with Crippen molar-refractivity contribution in [1.82, 2.24) is 4.31 Å². The number of amides is 1. The van der Waals surface area contributed by atoms with Crippen molar-refractivity contribution in [2.24, 2.45) is 0 Å². The first-order chi connectivity index (χ1) is 16.0. The molecule has 1 amide bonds. The molecule has 2 fully saturated rings. The maximum Gasteiger partial charge on any atom is 0.246 e. The average molecular weight is 491 g/mol. The van der Waals surface area contributed by atoms with Gasteiger partial charge in [0.2, 0.25) is 15.9 Å². The number of carbonyl (C=O) groups excluding carboxylic acids is 1. The molecular weight excluding hydrogens is 460 g/mol. The number of para-hydroxylation sites is 1. The molecule has 1 saturated carbocycles. The number of thioether (sulfide) groups is 1. The third kappa shape index (κ3) is 5.90. The van der Waals surface area contributed by atoms with E-state index in [9.17, 15) is 13.2 Å². The number of sulfonamides is 1. The number of methoxy groups -OCH3 is 1. The summed E-state index contributed by atoms with van der Waals surface area (Å²) in [4.78, 5) is 14.0. The Labute approximate surface area is 199 Å². The predicted octanol–water partition coefficient (Wildman–Crippen LogP) is 3.93. The number of anilines is 1. The summed E-state index contributed by atoms with van der Waals surface area (Å²) in [5, 5.41) is 3.61. The largest absolute Gasteiger partial charge is 0.495 e. The molecule has 2 aliphatic rings. The molecule has 9 heteroatoms. The number of rotatable bonds is 8. The Balaban J connectivity index is 1.49. The minimum atomic E-state index is -3.75. The van der Waals surface area contributed by atoms with Crippen LogP contribution in [0.1, 0.15) is 31.2 Å². The lowest BCUT2D eigenvalue weighted by Crippen LogP contribution is -2.40. The number of nitrogens with zero attached hydrogens (tertiary/aromatic N) is 1. The summed E-state index contributed by atoms with van der Waals surface area (Å²) in [7, 11) is -2.31. The van der Waals surface area contributed by atoms with E-state index in [1.54, 1.807) is 18.2 Å². The molecule has 1 aliphatic heterocycles. The Morgan fingerprint density at radius 2 is 1.88 bits per heavy atom. The number of ether oxygens (including phenoxy) is 2. The minimum Gasteiger partial charge on any atom is -0.495 e. The lowest BCUT2D eigenvalue weighted by Gasteiger charge is -2.26. The number of morpholine rings is 1. The molecule has 0 unspecified atom stereocenters. The lowest BCUT2D eigenvalue weighted by molar-refractivity contribution is -0.115. The van der Waals surface area contributed by atoms with Crippen molar-refractivity contribution in [1.29, 1.82) is 0 Å². The normalized spacial score (nSPS) is 17.7. The zero-order valence-electron chi connectivity index (χ0n) is 18.8. The van der Waals surface area contributed by atoms with Gasteiger partial charge in [0.15, 0.2) is 0 Å². The van der Waals surface area contributed by atoms with E-state index in [4.69, 9.17) is 9.47 Å². The van der Waals surface area contributed by atoms with Gasteiger partial charge in [0.05, 0.1) is 32.4 Å². The van der Waals surface area contributed by atoms with E-state index < -0.39 is 10.0 Å². The van der Waals surface area contributed by atoms with Gasteiger partial charge in [0.25, 0.3) is 0 Å². The fourth-order valence-electron chi connectivity index (χ4n) is 4.20. The van der Waals surface area contributed by atoms with E-state index in [0.717, 1.165) is 10.6 Å². The topological polar surface area (TPSA) is 84.9 Å². The smallest absolute Gasteiger partial charge is 0.246 e. The number of carbonyl (C=O) groups is 1. The van der Waals surface area contributed by atoms with Crippen LogP contribution < -0.4 is 10.1 Å². The average Bonchev–Trinajstić information content (AvgIpc) is 3.34. The van der Waals surface area contributed by atoms with Crippen molar-refractivity contribution < 1.29 is 22.7 Å². The highest BCUT2D eigenvalue weighted by Gasteiger charge is 2.29. The molecule has 0 spiro atoms. The molecule has 7 nitrogen and oxygen atoms in total. The number of nitrogens with one attached hydrogen (secondary N) is 1. The molecular formula is C24H30N2O5S2. The third-order valence-electron chi connectivity index (χ3n) is 5.94. The second-order valence-corrected chi connectivity index (χ2v) is 11.5. The molecule has 2 aromatic carbocycles. The second kappa shape index (κ2) is 10.9. The van der Waals surface area contributed by atoms with Gasteiger partial charge in [-0.1, -0.05) is 31.0 Å². The first kappa shape index (κ1) is 24.1. The number of hydrogen-bond acceptors (Lipinski definition) is 6. The summed E-state index contributed by atoms with van der Waals surface area (Å²) >= 11 is 1.83.